The zero-order chi connectivity index (χ0) is 19.5. The Balaban J connectivity index is 1.75. The molecule has 1 amide bonds. The third kappa shape index (κ3) is 3.55. The summed E-state index contributed by atoms with van der Waals surface area (Å²) >= 11 is 1.54. The van der Waals surface area contributed by atoms with Crippen molar-refractivity contribution in [3.63, 3.8) is 0 Å². The van der Waals surface area contributed by atoms with E-state index >= 15 is 0 Å². The fourth-order valence-electron chi connectivity index (χ4n) is 2.99. The molecule has 2 heterocycles. The van der Waals surface area contributed by atoms with Crippen LogP contribution in [0.3, 0.4) is 0 Å². The van der Waals surface area contributed by atoms with Crippen LogP contribution in [-0.4, -0.2) is 27.9 Å². The van der Waals surface area contributed by atoms with Gasteiger partial charge in [0.15, 0.2) is 0 Å². The van der Waals surface area contributed by atoms with E-state index in [1.807, 2.05) is 49.6 Å². The van der Waals surface area contributed by atoms with Crippen molar-refractivity contribution in [3.05, 3.63) is 66.6 Å². The molecule has 2 aromatic heterocycles. The van der Waals surface area contributed by atoms with Gasteiger partial charge in [0.25, 0.3) is 0 Å². The molecule has 0 aliphatic carbocycles. The van der Waals surface area contributed by atoms with Crippen LogP contribution in [0.25, 0.3) is 22.2 Å². The van der Waals surface area contributed by atoms with Gasteiger partial charge in [-0.05, 0) is 54.9 Å². The van der Waals surface area contributed by atoms with E-state index in [2.05, 4.69) is 25.0 Å². The molecular formula is C20H18N6OS. The van der Waals surface area contributed by atoms with Crippen LogP contribution >= 0.6 is 11.9 Å². The van der Waals surface area contributed by atoms with Crippen molar-refractivity contribution in [3.8, 4) is 11.1 Å². The van der Waals surface area contributed by atoms with Crippen LogP contribution in [0, 0.1) is 0 Å². The van der Waals surface area contributed by atoms with Gasteiger partial charge >= 0.3 is 0 Å². The third-order valence-electron chi connectivity index (χ3n) is 4.27. The number of nitrogens with one attached hydrogen (secondary N) is 3. The molecule has 8 heteroatoms. The number of primary amides is 1. The summed E-state index contributed by atoms with van der Waals surface area (Å²) in [5, 5.41) is 4.26. The van der Waals surface area contributed by atoms with Crippen molar-refractivity contribution in [1.29, 1.82) is 0 Å². The SMILES string of the molecule is CNSc1cccc(Nc2ncnc3[nH]cc(-c4ccc(C(N)=O)cc4)c23)c1. The third-order valence-corrected chi connectivity index (χ3v) is 4.96. The molecule has 0 saturated heterocycles. The molecule has 0 fully saturated rings. The summed E-state index contributed by atoms with van der Waals surface area (Å²) in [6.45, 7) is 0. The number of nitrogens with zero attached hydrogens (tertiary/aromatic N) is 2. The second kappa shape index (κ2) is 7.71. The summed E-state index contributed by atoms with van der Waals surface area (Å²) in [5.74, 6) is 0.252. The summed E-state index contributed by atoms with van der Waals surface area (Å²) in [4.78, 5) is 24.4. The lowest BCUT2D eigenvalue weighted by atomic mass is 10.0. The Bertz CT molecular complexity index is 1140. The zero-order valence-corrected chi connectivity index (χ0v) is 15.9. The van der Waals surface area contributed by atoms with Gasteiger partial charge in [0.2, 0.25) is 5.91 Å². The van der Waals surface area contributed by atoms with Crippen LogP contribution in [-0.2, 0) is 0 Å². The van der Waals surface area contributed by atoms with Gasteiger partial charge in [0, 0.05) is 27.9 Å². The highest BCUT2D eigenvalue weighted by Crippen LogP contribution is 2.33. The number of anilines is 2. The Labute approximate surface area is 165 Å². The average molecular weight is 390 g/mol. The molecule has 4 rings (SSSR count). The number of carbonyl (C=O) groups is 1. The van der Waals surface area contributed by atoms with Gasteiger partial charge in [0.1, 0.15) is 17.8 Å². The second-order valence-electron chi connectivity index (χ2n) is 6.05. The molecule has 0 bridgehead atoms. The van der Waals surface area contributed by atoms with Crippen LogP contribution in [0.1, 0.15) is 10.4 Å². The highest BCUT2D eigenvalue weighted by atomic mass is 32.2. The van der Waals surface area contributed by atoms with Crippen molar-refractivity contribution in [1.82, 2.24) is 19.7 Å². The van der Waals surface area contributed by atoms with Crippen molar-refractivity contribution in [2.45, 2.75) is 4.90 Å². The van der Waals surface area contributed by atoms with E-state index in [1.165, 1.54) is 6.33 Å². The number of hydrogen-bond acceptors (Lipinski definition) is 6. The second-order valence-corrected chi connectivity index (χ2v) is 7.13. The summed E-state index contributed by atoms with van der Waals surface area (Å²) in [7, 11) is 1.88. The molecule has 0 aliphatic heterocycles. The van der Waals surface area contributed by atoms with E-state index in [4.69, 9.17) is 5.73 Å². The summed E-state index contributed by atoms with van der Waals surface area (Å²) in [6.07, 6.45) is 3.41. The predicted octanol–water partition coefficient (Wildman–Crippen LogP) is 3.69. The quantitative estimate of drug-likeness (QED) is 0.374. The summed E-state index contributed by atoms with van der Waals surface area (Å²) < 4.78 is 3.07. The first-order valence-corrected chi connectivity index (χ1v) is 9.40. The fraction of sp³-hybridized carbons (Fsp3) is 0.0500. The first-order valence-electron chi connectivity index (χ1n) is 8.58. The Morgan fingerprint density at radius 1 is 1.14 bits per heavy atom. The Kier molecular flexibility index (Phi) is 4.96. The minimum Gasteiger partial charge on any atom is -0.366 e. The molecular weight excluding hydrogens is 372 g/mol. The average Bonchev–Trinajstić information content (AvgIpc) is 3.14. The lowest BCUT2D eigenvalue weighted by Crippen LogP contribution is -2.10. The van der Waals surface area contributed by atoms with Gasteiger partial charge in [-0.1, -0.05) is 18.2 Å². The molecule has 0 unspecified atom stereocenters. The number of benzene rings is 2. The predicted molar refractivity (Wildman–Crippen MR) is 112 cm³/mol. The molecule has 0 spiro atoms. The van der Waals surface area contributed by atoms with E-state index in [1.54, 1.807) is 24.1 Å². The number of fused-ring (bicyclic) bond motifs is 1. The molecule has 0 aliphatic rings. The zero-order valence-electron chi connectivity index (χ0n) is 15.1. The maximum Gasteiger partial charge on any atom is 0.248 e. The molecule has 2 aromatic carbocycles. The molecule has 7 nitrogen and oxygen atoms in total. The number of aromatic amines is 1. The smallest absolute Gasteiger partial charge is 0.248 e. The van der Waals surface area contributed by atoms with E-state index < -0.39 is 5.91 Å². The molecule has 0 radical (unpaired) electrons. The van der Waals surface area contributed by atoms with Crippen LogP contribution in [0.5, 0.6) is 0 Å². The number of rotatable bonds is 6. The van der Waals surface area contributed by atoms with E-state index in [0.29, 0.717) is 11.4 Å². The number of amides is 1. The molecule has 0 saturated carbocycles. The van der Waals surface area contributed by atoms with Crippen LogP contribution in [0.4, 0.5) is 11.5 Å². The van der Waals surface area contributed by atoms with Gasteiger partial charge in [-0.25, -0.2) is 9.97 Å². The fourth-order valence-corrected chi connectivity index (χ4v) is 3.56. The lowest BCUT2D eigenvalue weighted by Gasteiger charge is -2.10. The standard InChI is InChI=1S/C20H18N6OS/c1-22-28-15-4-2-3-14(9-15)26-20-17-16(10-23-19(17)24-11-25-20)12-5-7-13(8-6-12)18(21)27/h2-11,22H,1H3,(H2,21,27)(H2,23,24,25,26). The highest BCUT2D eigenvalue weighted by Gasteiger charge is 2.13. The minimum atomic E-state index is -0.449. The van der Waals surface area contributed by atoms with Gasteiger partial charge < -0.3 is 16.0 Å². The molecule has 0 atom stereocenters. The Morgan fingerprint density at radius 3 is 2.71 bits per heavy atom. The maximum absolute atomic E-state index is 11.3. The van der Waals surface area contributed by atoms with Gasteiger partial charge in [-0.2, -0.15) is 0 Å². The minimum absolute atomic E-state index is 0.449. The van der Waals surface area contributed by atoms with Gasteiger partial charge in [-0.15, -0.1) is 0 Å². The lowest BCUT2D eigenvalue weighted by molar-refractivity contribution is 0.100. The summed E-state index contributed by atoms with van der Waals surface area (Å²) in [6, 6.07) is 15.2. The first-order chi connectivity index (χ1) is 13.7. The monoisotopic (exact) mass is 390 g/mol. The molecule has 5 N–H and O–H groups in total. The molecule has 28 heavy (non-hydrogen) atoms. The van der Waals surface area contributed by atoms with Crippen LogP contribution in [0.2, 0.25) is 0 Å². The normalized spacial score (nSPS) is 10.9. The number of aromatic nitrogens is 3. The molecule has 140 valence electrons. The Hall–Kier alpha value is -3.36. The Morgan fingerprint density at radius 2 is 1.96 bits per heavy atom. The van der Waals surface area contributed by atoms with Crippen LogP contribution in [0.15, 0.2) is 66.0 Å². The van der Waals surface area contributed by atoms with E-state index in [0.717, 1.165) is 32.7 Å². The topological polar surface area (TPSA) is 109 Å². The molecule has 4 aromatic rings. The van der Waals surface area contributed by atoms with Gasteiger partial charge in [0.05, 0.1) is 5.39 Å². The number of nitrogens with two attached hydrogens (primary N) is 1. The maximum atomic E-state index is 11.3. The van der Waals surface area contributed by atoms with E-state index in [9.17, 15) is 4.79 Å². The largest absolute Gasteiger partial charge is 0.366 e. The van der Waals surface area contributed by atoms with E-state index in [-0.39, 0.29) is 0 Å². The van der Waals surface area contributed by atoms with Crippen molar-refractivity contribution >= 4 is 40.4 Å². The summed E-state index contributed by atoms with van der Waals surface area (Å²) in [5.41, 5.74) is 9.34. The van der Waals surface area contributed by atoms with Gasteiger partial charge in [-0.3, -0.25) is 9.52 Å². The number of hydrogen-bond donors (Lipinski definition) is 4. The number of carbonyl (C=O) groups excluding carboxylic acids is 1. The first kappa shape index (κ1) is 18.0. The highest BCUT2D eigenvalue weighted by molar-refractivity contribution is 7.97. The van der Waals surface area contributed by atoms with Crippen molar-refractivity contribution in [2.24, 2.45) is 5.73 Å². The number of H-pyrrole nitrogens is 1. The van der Waals surface area contributed by atoms with Crippen LogP contribution < -0.4 is 15.8 Å². The van der Waals surface area contributed by atoms with Crippen molar-refractivity contribution < 1.29 is 4.79 Å². The van der Waals surface area contributed by atoms with Crippen molar-refractivity contribution in [2.75, 3.05) is 12.4 Å².